The van der Waals surface area contributed by atoms with Crippen LogP contribution in [0.5, 0.6) is 5.75 Å². The highest BCUT2D eigenvalue weighted by atomic mass is 32.2. The Balaban J connectivity index is 1.62. The molecule has 0 atom stereocenters. The zero-order valence-corrected chi connectivity index (χ0v) is 16.4. The second-order valence-corrected chi connectivity index (χ2v) is 7.38. The number of methoxy groups -OCH3 is 1. The Morgan fingerprint density at radius 1 is 1.14 bits per heavy atom. The van der Waals surface area contributed by atoms with E-state index in [-0.39, 0.29) is 5.91 Å². The van der Waals surface area contributed by atoms with Gasteiger partial charge in [-0.25, -0.2) is 4.98 Å². The van der Waals surface area contributed by atoms with Crippen molar-refractivity contribution in [3.8, 4) is 11.6 Å². The molecule has 8 heteroatoms. The molecule has 1 aromatic carbocycles. The summed E-state index contributed by atoms with van der Waals surface area (Å²) in [6, 6.07) is 13.7. The van der Waals surface area contributed by atoms with E-state index in [9.17, 15) is 4.79 Å². The number of carbonyl (C=O) groups is 1. The lowest BCUT2D eigenvalue weighted by atomic mass is 10.2. The van der Waals surface area contributed by atoms with Gasteiger partial charge in [-0.1, -0.05) is 36.0 Å². The van der Waals surface area contributed by atoms with Gasteiger partial charge in [-0.05, 0) is 24.6 Å². The molecule has 0 radical (unpaired) electrons. The minimum atomic E-state index is 0.166. The Morgan fingerprint density at radius 3 is 2.75 bits per heavy atom. The molecule has 28 heavy (non-hydrogen) atoms. The largest absolute Gasteiger partial charge is 0.496 e. The van der Waals surface area contributed by atoms with Crippen molar-refractivity contribution >= 4 is 17.7 Å². The summed E-state index contributed by atoms with van der Waals surface area (Å²) in [7, 11) is 1.67. The molecule has 4 rings (SSSR count). The van der Waals surface area contributed by atoms with Crippen LogP contribution in [0, 0.1) is 0 Å². The average molecular weight is 395 g/mol. The molecule has 0 bridgehead atoms. The summed E-state index contributed by atoms with van der Waals surface area (Å²) in [4.78, 5) is 18.3. The van der Waals surface area contributed by atoms with Crippen molar-refractivity contribution in [3.63, 3.8) is 0 Å². The van der Waals surface area contributed by atoms with E-state index in [1.54, 1.807) is 25.1 Å². The molecule has 1 aliphatic heterocycles. The average Bonchev–Trinajstić information content (AvgIpc) is 3.33. The third-order valence-electron chi connectivity index (χ3n) is 4.63. The Labute approximate surface area is 167 Å². The van der Waals surface area contributed by atoms with E-state index in [2.05, 4.69) is 15.2 Å². The molecule has 3 heterocycles. The Morgan fingerprint density at radius 2 is 2.00 bits per heavy atom. The molecule has 0 saturated carbocycles. The van der Waals surface area contributed by atoms with Gasteiger partial charge in [-0.2, -0.15) is 0 Å². The number of para-hydroxylation sites is 1. The first-order chi connectivity index (χ1) is 13.8. The van der Waals surface area contributed by atoms with Gasteiger partial charge < -0.3 is 9.64 Å². The van der Waals surface area contributed by atoms with Gasteiger partial charge in [0.15, 0.2) is 11.0 Å². The summed E-state index contributed by atoms with van der Waals surface area (Å²) in [5.41, 5.74) is 1.09. The first-order valence-corrected chi connectivity index (χ1v) is 10.1. The van der Waals surface area contributed by atoms with Crippen LogP contribution in [-0.2, 0) is 17.1 Å². The van der Waals surface area contributed by atoms with Crippen molar-refractivity contribution in [1.82, 2.24) is 24.6 Å². The summed E-state index contributed by atoms with van der Waals surface area (Å²) in [5.74, 6) is 3.17. The van der Waals surface area contributed by atoms with E-state index in [0.29, 0.717) is 18.7 Å². The summed E-state index contributed by atoms with van der Waals surface area (Å²) in [6.07, 6.45) is 3.24. The van der Waals surface area contributed by atoms with Crippen LogP contribution in [0.25, 0.3) is 5.82 Å². The fourth-order valence-corrected chi connectivity index (χ4v) is 4.17. The van der Waals surface area contributed by atoms with E-state index in [1.807, 2.05) is 51.9 Å². The second kappa shape index (κ2) is 8.43. The van der Waals surface area contributed by atoms with Gasteiger partial charge in [0, 0.05) is 30.5 Å². The van der Waals surface area contributed by atoms with Crippen molar-refractivity contribution in [1.29, 1.82) is 0 Å². The van der Waals surface area contributed by atoms with Gasteiger partial charge in [-0.15, -0.1) is 10.2 Å². The highest BCUT2D eigenvalue weighted by Gasteiger charge is 2.24. The van der Waals surface area contributed by atoms with Crippen molar-refractivity contribution in [2.75, 3.05) is 13.7 Å². The van der Waals surface area contributed by atoms with Gasteiger partial charge in [0.05, 0.1) is 13.7 Å². The topological polar surface area (TPSA) is 73.1 Å². The monoisotopic (exact) mass is 395 g/mol. The predicted octanol–water partition coefficient (Wildman–Crippen LogP) is 3.09. The number of thioether (sulfide) groups is 1. The van der Waals surface area contributed by atoms with E-state index in [4.69, 9.17) is 4.74 Å². The quantitative estimate of drug-likeness (QED) is 0.573. The van der Waals surface area contributed by atoms with Crippen LogP contribution in [-0.4, -0.2) is 44.2 Å². The van der Waals surface area contributed by atoms with Crippen LogP contribution >= 0.6 is 11.8 Å². The standard InChI is InChI=1S/C20H21N5O2S/c1-27-16-8-3-2-7-15(16)14-28-20-23-22-18(13-24-12-6-10-19(24)26)25(20)17-9-4-5-11-21-17/h2-5,7-9,11H,6,10,12-14H2,1H3. The lowest BCUT2D eigenvalue weighted by Crippen LogP contribution is -2.25. The van der Waals surface area contributed by atoms with Crippen LogP contribution in [0.3, 0.4) is 0 Å². The molecule has 1 aliphatic rings. The van der Waals surface area contributed by atoms with E-state index < -0.39 is 0 Å². The Bertz CT molecular complexity index is 960. The highest BCUT2D eigenvalue weighted by molar-refractivity contribution is 7.98. The van der Waals surface area contributed by atoms with Crippen LogP contribution in [0.15, 0.2) is 53.8 Å². The second-order valence-electron chi connectivity index (χ2n) is 6.44. The number of likely N-dealkylation sites (tertiary alicyclic amines) is 1. The number of rotatable bonds is 7. The van der Waals surface area contributed by atoms with Crippen LogP contribution in [0.2, 0.25) is 0 Å². The van der Waals surface area contributed by atoms with Gasteiger partial charge in [0.25, 0.3) is 0 Å². The van der Waals surface area contributed by atoms with Crippen molar-refractivity contribution in [2.45, 2.75) is 30.3 Å². The number of carbonyl (C=O) groups excluding carboxylic acids is 1. The first kappa shape index (κ1) is 18.5. The minimum absolute atomic E-state index is 0.166. The lowest BCUT2D eigenvalue weighted by Gasteiger charge is -2.16. The predicted molar refractivity (Wildman–Crippen MR) is 106 cm³/mol. The molecular formula is C20H21N5O2S. The fraction of sp³-hybridized carbons (Fsp3) is 0.300. The Hall–Kier alpha value is -2.87. The SMILES string of the molecule is COc1ccccc1CSc1nnc(CN2CCCC2=O)n1-c1ccccn1. The van der Waals surface area contributed by atoms with Gasteiger partial charge >= 0.3 is 0 Å². The normalized spacial score (nSPS) is 13.9. The molecule has 1 fully saturated rings. The summed E-state index contributed by atoms with van der Waals surface area (Å²) in [5, 5.41) is 9.50. The fourth-order valence-electron chi connectivity index (χ4n) is 3.22. The molecule has 144 valence electrons. The maximum absolute atomic E-state index is 12.0. The van der Waals surface area contributed by atoms with Crippen LogP contribution < -0.4 is 4.74 Å². The molecule has 0 spiro atoms. The number of aromatic nitrogens is 4. The number of pyridine rings is 1. The maximum Gasteiger partial charge on any atom is 0.223 e. The van der Waals surface area contributed by atoms with E-state index in [1.165, 1.54) is 0 Å². The highest BCUT2D eigenvalue weighted by Crippen LogP contribution is 2.29. The van der Waals surface area contributed by atoms with Crippen molar-refractivity contribution < 1.29 is 9.53 Å². The molecule has 1 amide bonds. The van der Waals surface area contributed by atoms with E-state index in [0.717, 1.165) is 41.1 Å². The minimum Gasteiger partial charge on any atom is -0.496 e. The smallest absolute Gasteiger partial charge is 0.223 e. The Kier molecular flexibility index (Phi) is 5.57. The first-order valence-electron chi connectivity index (χ1n) is 9.14. The summed E-state index contributed by atoms with van der Waals surface area (Å²) in [6.45, 7) is 1.20. The number of amides is 1. The summed E-state index contributed by atoms with van der Waals surface area (Å²) >= 11 is 1.57. The molecule has 7 nitrogen and oxygen atoms in total. The van der Waals surface area contributed by atoms with Gasteiger partial charge in [0.1, 0.15) is 11.6 Å². The van der Waals surface area contributed by atoms with Crippen LogP contribution in [0.4, 0.5) is 0 Å². The zero-order chi connectivity index (χ0) is 19.3. The van der Waals surface area contributed by atoms with Gasteiger partial charge in [-0.3, -0.25) is 9.36 Å². The van der Waals surface area contributed by atoms with Crippen molar-refractivity contribution in [3.05, 3.63) is 60.0 Å². The number of hydrogen-bond acceptors (Lipinski definition) is 6. The third-order valence-corrected chi connectivity index (χ3v) is 5.61. The molecule has 1 saturated heterocycles. The summed E-state index contributed by atoms with van der Waals surface area (Å²) < 4.78 is 7.38. The van der Waals surface area contributed by atoms with E-state index >= 15 is 0 Å². The zero-order valence-electron chi connectivity index (χ0n) is 15.6. The molecule has 3 aromatic rings. The van der Waals surface area contributed by atoms with Gasteiger partial charge in [0.2, 0.25) is 5.91 Å². The van der Waals surface area contributed by atoms with Crippen LogP contribution in [0.1, 0.15) is 24.2 Å². The van der Waals surface area contributed by atoms with Crippen molar-refractivity contribution in [2.24, 2.45) is 0 Å². The number of ether oxygens (including phenoxy) is 1. The molecular weight excluding hydrogens is 374 g/mol. The number of nitrogens with zero attached hydrogens (tertiary/aromatic N) is 5. The molecule has 0 aliphatic carbocycles. The maximum atomic E-state index is 12.0. The lowest BCUT2D eigenvalue weighted by molar-refractivity contribution is -0.128. The third kappa shape index (κ3) is 3.87. The molecule has 2 aromatic heterocycles. The molecule has 0 N–H and O–H groups in total. The molecule has 0 unspecified atom stereocenters. The number of hydrogen-bond donors (Lipinski definition) is 0. The number of benzene rings is 1.